The van der Waals surface area contributed by atoms with Crippen LogP contribution < -0.4 is 5.46 Å². The first-order valence-electron chi connectivity index (χ1n) is 7.51. The first-order valence-corrected chi connectivity index (χ1v) is 7.51. The predicted octanol–water partition coefficient (Wildman–Crippen LogP) is 3.61. The van der Waals surface area contributed by atoms with Gasteiger partial charge in [-0.15, -0.1) is 0 Å². The molecule has 0 unspecified atom stereocenters. The third kappa shape index (κ3) is 3.26. The van der Waals surface area contributed by atoms with E-state index in [1.807, 2.05) is 13.0 Å². The lowest BCUT2D eigenvalue weighted by molar-refractivity contribution is 0.000454. The SMILES string of the molecule is CB(OC(C)(C)C(C)(C)C)c1ccc2ncnc(C)c2c1. The van der Waals surface area contributed by atoms with Gasteiger partial charge in [0.15, 0.2) is 0 Å². The van der Waals surface area contributed by atoms with Crippen molar-refractivity contribution in [3.8, 4) is 0 Å². The number of nitrogens with zero attached hydrogens (tertiary/aromatic N) is 2. The van der Waals surface area contributed by atoms with Gasteiger partial charge in [0, 0.05) is 11.1 Å². The Morgan fingerprint density at radius 2 is 1.71 bits per heavy atom. The number of hydrogen-bond donors (Lipinski definition) is 0. The van der Waals surface area contributed by atoms with Crippen molar-refractivity contribution in [2.75, 3.05) is 0 Å². The number of hydrogen-bond acceptors (Lipinski definition) is 3. The maximum atomic E-state index is 6.34. The fourth-order valence-corrected chi connectivity index (χ4v) is 2.14. The lowest BCUT2D eigenvalue weighted by Gasteiger charge is -2.40. The van der Waals surface area contributed by atoms with E-state index in [2.05, 4.69) is 63.5 Å². The van der Waals surface area contributed by atoms with Gasteiger partial charge in [0.05, 0.1) is 11.1 Å². The third-order valence-electron chi connectivity index (χ3n) is 4.61. The zero-order valence-electron chi connectivity index (χ0n) is 14.2. The molecule has 4 heteroatoms. The molecule has 0 aliphatic heterocycles. The normalized spacial score (nSPS) is 12.7. The average Bonchev–Trinajstić information content (AvgIpc) is 2.37. The highest BCUT2D eigenvalue weighted by Gasteiger charge is 2.36. The first-order chi connectivity index (χ1) is 9.62. The molecule has 0 aliphatic carbocycles. The van der Waals surface area contributed by atoms with Gasteiger partial charge in [-0.1, -0.05) is 39.7 Å². The molecule has 0 fully saturated rings. The summed E-state index contributed by atoms with van der Waals surface area (Å²) in [6, 6.07) is 6.29. The molecular weight excluding hydrogens is 259 g/mol. The summed E-state index contributed by atoms with van der Waals surface area (Å²) in [5.41, 5.74) is 3.02. The molecule has 21 heavy (non-hydrogen) atoms. The highest BCUT2D eigenvalue weighted by molar-refractivity contribution is 6.66. The van der Waals surface area contributed by atoms with Crippen LogP contribution in [0.1, 0.15) is 40.3 Å². The van der Waals surface area contributed by atoms with Crippen LogP contribution in [0.25, 0.3) is 10.9 Å². The van der Waals surface area contributed by atoms with Crippen LogP contribution in [0.3, 0.4) is 0 Å². The molecule has 1 aromatic heterocycles. The van der Waals surface area contributed by atoms with Crippen LogP contribution in [0.15, 0.2) is 24.5 Å². The minimum Gasteiger partial charge on any atom is -0.426 e. The van der Waals surface area contributed by atoms with Crippen LogP contribution >= 0.6 is 0 Å². The summed E-state index contributed by atoms with van der Waals surface area (Å²) in [5.74, 6) is 0. The third-order valence-corrected chi connectivity index (χ3v) is 4.61. The Bertz CT molecular complexity index is 647. The van der Waals surface area contributed by atoms with Crippen LogP contribution in [0.5, 0.6) is 0 Å². The number of fused-ring (bicyclic) bond motifs is 1. The van der Waals surface area contributed by atoms with Crippen LogP contribution in [-0.2, 0) is 4.65 Å². The molecule has 0 radical (unpaired) electrons. The van der Waals surface area contributed by atoms with Gasteiger partial charge in [-0.25, -0.2) is 9.97 Å². The van der Waals surface area contributed by atoms with Gasteiger partial charge in [-0.05, 0) is 37.7 Å². The number of aromatic nitrogens is 2. The van der Waals surface area contributed by atoms with E-state index in [4.69, 9.17) is 4.65 Å². The van der Waals surface area contributed by atoms with Gasteiger partial charge in [0.2, 0.25) is 0 Å². The van der Waals surface area contributed by atoms with Crippen molar-refractivity contribution in [1.29, 1.82) is 0 Å². The van der Waals surface area contributed by atoms with Gasteiger partial charge in [0.1, 0.15) is 6.33 Å². The van der Waals surface area contributed by atoms with Gasteiger partial charge >= 0.3 is 6.92 Å². The molecule has 0 atom stereocenters. The fourth-order valence-electron chi connectivity index (χ4n) is 2.14. The number of aryl methyl sites for hydroxylation is 1. The fraction of sp³-hybridized carbons (Fsp3) is 0.529. The molecule has 112 valence electrons. The van der Waals surface area contributed by atoms with Crippen LogP contribution in [0.4, 0.5) is 0 Å². The first kappa shape index (κ1) is 16.0. The van der Waals surface area contributed by atoms with E-state index in [9.17, 15) is 0 Å². The summed E-state index contributed by atoms with van der Waals surface area (Å²) in [7, 11) is 0. The van der Waals surface area contributed by atoms with E-state index in [0.29, 0.717) is 0 Å². The molecule has 0 spiro atoms. The summed E-state index contributed by atoms with van der Waals surface area (Å²) in [6.45, 7) is 15.1. The van der Waals surface area contributed by atoms with E-state index < -0.39 is 0 Å². The van der Waals surface area contributed by atoms with Crippen molar-refractivity contribution >= 4 is 23.3 Å². The minimum atomic E-state index is -0.205. The second-order valence-electron chi connectivity index (χ2n) is 7.26. The van der Waals surface area contributed by atoms with Crippen LogP contribution in [0.2, 0.25) is 6.82 Å². The van der Waals surface area contributed by atoms with E-state index in [0.717, 1.165) is 22.1 Å². The number of rotatable bonds is 3. The average molecular weight is 284 g/mol. The summed E-state index contributed by atoms with van der Waals surface area (Å²) in [5, 5.41) is 1.10. The Labute approximate surface area is 128 Å². The molecule has 0 saturated carbocycles. The molecule has 2 aromatic rings. The molecule has 2 rings (SSSR count). The summed E-state index contributed by atoms with van der Waals surface area (Å²) in [6.07, 6.45) is 1.61. The highest BCUT2D eigenvalue weighted by Crippen LogP contribution is 2.33. The molecule has 1 aromatic carbocycles. The molecule has 0 bridgehead atoms. The van der Waals surface area contributed by atoms with E-state index >= 15 is 0 Å². The smallest absolute Gasteiger partial charge is 0.324 e. The Balaban J connectivity index is 2.32. The van der Waals surface area contributed by atoms with Gasteiger partial charge < -0.3 is 4.65 Å². The van der Waals surface area contributed by atoms with Crippen molar-refractivity contribution in [2.24, 2.45) is 5.41 Å². The minimum absolute atomic E-state index is 0.0308. The summed E-state index contributed by atoms with van der Waals surface area (Å²) >= 11 is 0. The Kier molecular flexibility index (Phi) is 4.11. The van der Waals surface area contributed by atoms with Crippen molar-refractivity contribution in [3.63, 3.8) is 0 Å². The largest absolute Gasteiger partial charge is 0.426 e. The number of benzene rings is 1. The predicted molar refractivity (Wildman–Crippen MR) is 90.1 cm³/mol. The zero-order valence-corrected chi connectivity index (χ0v) is 14.2. The standard InChI is InChI=1S/C17H25BN2O/c1-12-14-10-13(8-9-15(14)20-11-19-12)18(7)21-17(5,6)16(2,3)4/h8-11H,1-7H3. The lowest BCUT2D eigenvalue weighted by atomic mass is 9.61. The molecule has 1 heterocycles. The maximum Gasteiger partial charge on any atom is 0.324 e. The topological polar surface area (TPSA) is 35.0 Å². The quantitative estimate of drug-likeness (QED) is 0.808. The second kappa shape index (κ2) is 5.41. The van der Waals surface area contributed by atoms with E-state index in [1.54, 1.807) is 6.33 Å². The van der Waals surface area contributed by atoms with Crippen molar-refractivity contribution in [2.45, 2.75) is 54.0 Å². The maximum absolute atomic E-state index is 6.34. The molecule has 3 nitrogen and oxygen atoms in total. The Hall–Kier alpha value is -1.42. The van der Waals surface area contributed by atoms with Gasteiger partial charge in [0.25, 0.3) is 0 Å². The lowest BCUT2D eigenvalue weighted by Crippen LogP contribution is -2.46. The molecule has 0 saturated heterocycles. The van der Waals surface area contributed by atoms with Gasteiger partial charge in [-0.2, -0.15) is 0 Å². The molecule has 0 N–H and O–H groups in total. The van der Waals surface area contributed by atoms with Gasteiger partial charge in [-0.3, -0.25) is 0 Å². The van der Waals surface area contributed by atoms with Crippen LogP contribution in [0, 0.1) is 12.3 Å². The van der Waals surface area contributed by atoms with E-state index in [-0.39, 0.29) is 17.9 Å². The molecular formula is C17H25BN2O. The summed E-state index contributed by atoms with van der Waals surface area (Å²) < 4.78 is 6.34. The highest BCUT2D eigenvalue weighted by atomic mass is 16.5. The van der Waals surface area contributed by atoms with Crippen LogP contribution in [-0.4, -0.2) is 22.5 Å². The second-order valence-corrected chi connectivity index (χ2v) is 7.26. The summed E-state index contributed by atoms with van der Waals surface area (Å²) in [4.78, 5) is 8.57. The van der Waals surface area contributed by atoms with E-state index in [1.165, 1.54) is 0 Å². The van der Waals surface area contributed by atoms with Crippen molar-refractivity contribution in [1.82, 2.24) is 9.97 Å². The van der Waals surface area contributed by atoms with Crippen molar-refractivity contribution in [3.05, 3.63) is 30.2 Å². The zero-order chi connectivity index (χ0) is 15.8. The Morgan fingerprint density at radius 3 is 2.33 bits per heavy atom. The monoisotopic (exact) mass is 284 g/mol. The van der Waals surface area contributed by atoms with Crippen molar-refractivity contribution < 1.29 is 4.65 Å². The Morgan fingerprint density at radius 1 is 1.05 bits per heavy atom. The molecule has 0 amide bonds. The molecule has 0 aliphatic rings.